The summed E-state index contributed by atoms with van der Waals surface area (Å²) in [4.78, 5) is 9.13. The number of nitrogens with one attached hydrogen (secondary N) is 2. The maximum atomic E-state index is 7.98. The van der Waals surface area contributed by atoms with Gasteiger partial charge in [-0.3, -0.25) is 9.97 Å². The van der Waals surface area contributed by atoms with Gasteiger partial charge >= 0.3 is 0 Å². The topological polar surface area (TPSA) is 87.7 Å². The molecule has 1 fully saturated rings. The van der Waals surface area contributed by atoms with Gasteiger partial charge in [-0.15, -0.1) is 0 Å². The SMILES string of the molecule is Cc1cccc(/C(N)=C(/C=N)c2ccc3ncc(C)c(C4CCCN4)c3c2)n1. The molecule has 142 valence electrons. The van der Waals surface area contributed by atoms with Crippen molar-refractivity contribution in [2.24, 2.45) is 5.73 Å². The van der Waals surface area contributed by atoms with E-state index < -0.39 is 0 Å². The summed E-state index contributed by atoms with van der Waals surface area (Å²) in [5.41, 5.74) is 13.6. The molecule has 0 radical (unpaired) electrons. The van der Waals surface area contributed by atoms with Gasteiger partial charge in [0.2, 0.25) is 0 Å². The molecular weight excluding hydrogens is 346 g/mol. The van der Waals surface area contributed by atoms with Crippen LogP contribution in [0, 0.1) is 19.3 Å². The number of rotatable bonds is 4. The van der Waals surface area contributed by atoms with Crippen LogP contribution in [0.2, 0.25) is 0 Å². The van der Waals surface area contributed by atoms with Gasteiger partial charge in [-0.1, -0.05) is 12.1 Å². The summed E-state index contributed by atoms with van der Waals surface area (Å²) in [5.74, 6) is 0. The summed E-state index contributed by atoms with van der Waals surface area (Å²) in [6.07, 6.45) is 5.59. The minimum atomic E-state index is 0.351. The number of benzene rings is 1. The maximum Gasteiger partial charge on any atom is 0.0869 e. The van der Waals surface area contributed by atoms with Gasteiger partial charge in [-0.2, -0.15) is 0 Å². The predicted octanol–water partition coefficient (Wildman–Crippen LogP) is 4.15. The highest BCUT2D eigenvalue weighted by molar-refractivity contribution is 6.18. The lowest BCUT2D eigenvalue weighted by molar-refractivity contribution is 0.648. The Morgan fingerprint density at radius 3 is 2.82 bits per heavy atom. The third-order valence-electron chi connectivity index (χ3n) is 5.43. The predicted molar refractivity (Wildman–Crippen MR) is 115 cm³/mol. The minimum absolute atomic E-state index is 0.351. The van der Waals surface area contributed by atoms with Crippen molar-refractivity contribution in [3.63, 3.8) is 0 Å². The van der Waals surface area contributed by atoms with Crippen LogP contribution in [0.3, 0.4) is 0 Å². The quantitative estimate of drug-likeness (QED) is 0.601. The van der Waals surface area contributed by atoms with E-state index in [4.69, 9.17) is 11.1 Å². The van der Waals surface area contributed by atoms with Crippen LogP contribution in [0.1, 0.15) is 47.0 Å². The van der Waals surface area contributed by atoms with Crippen molar-refractivity contribution in [3.05, 3.63) is 70.7 Å². The molecule has 0 amide bonds. The first kappa shape index (κ1) is 18.3. The van der Waals surface area contributed by atoms with Crippen LogP contribution >= 0.6 is 0 Å². The molecule has 2 aromatic heterocycles. The summed E-state index contributed by atoms with van der Waals surface area (Å²) < 4.78 is 0. The van der Waals surface area contributed by atoms with Crippen molar-refractivity contribution in [1.29, 1.82) is 5.41 Å². The lowest BCUT2D eigenvalue weighted by Gasteiger charge is -2.17. The average molecular weight is 371 g/mol. The largest absolute Gasteiger partial charge is 0.396 e. The lowest BCUT2D eigenvalue weighted by Crippen LogP contribution is -2.15. The van der Waals surface area contributed by atoms with Gasteiger partial charge in [0, 0.05) is 35.1 Å². The van der Waals surface area contributed by atoms with Crippen molar-refractivity contribution < 1.29 is 0 Å². The molecule has 1 atom stereocenters. The highest BCUT2D eigenvalue weighted by atomic mass is 14.9. The zero-order chi connectivity index (χ0) is 19.7. The number of aryl methyl sites for hydroxylation is 2. The fourth-order valence-electron chi connectivity index (χ4n) is 4.02. The molecule has 1 aliphatic rings. The van der Waals surface area contributed by atoms with E-state index in [1.54, 1.807) is 0 Å². The van der Waals surface area contributed by atoms with Crippen LogP contribution in [0.15, 0.2) is 42.6 Å². The zero-order valence-electron chi connectivity index (χ0n) is 16.3. The van der Waals surface area contributed by atoms with Gasteiger partial charge < -0.3 is 16.5 Å². The van der Waals surface area contributed by atoms with Gasteiger partial charge in [-0.05, 0) is 74.2 Å². The van der Waals surface area contributed by atoms with Crippen molar-refractivity contribution >= 4 is 28.4 Å². The van der Waals surface area contributed by atoms with Gasteiger partial charge in [0.25, 0.3) is 0 Å². The number of allylic oxidation sites excluding steroid dienone is 1. The number of hydrogen-bond acceptors (Lipinski definition) is 5. The molecule has 1 saturated heterocycles. The van der Waals surface area contributed by atoms with Crippen molar-refractivity contribution in [2.75, 3.05) is 6.54 Å². The molecule has 28 heavy (non-hydrogen) atoms. The first-order valence-corrected chi connectivity index (χ1v) is 9.65. The first-order chi connectivity index (χ1) is 13.6. The van der Waals surface area contributed by atoms with Gasteiger partial charge in [0.1, 0.15) is 0 Å². The fourth-order valence-corrected chi connectivity index (χ4v) is 4.02. The minimum Gasteiger partial charge on any atom is -0.396 e. The van der Waals surface area contributed by atoms with Crippen LogP contribution in [-0.4, -0.2) is 22.7 Å². The van der Waals surface area contributed by atoms with Gasteiger partial charge in [0.05, 0.1) is 16.9 Å². The molecular formula is C23H25N5. The van der Waals surface area contributed by atoms with E-state index in [-0.39, 0.29) is 0 Å². The van der Waals surface area contributed by atoms with E-state index in [1.807, 2.05) is 43.5 Å². The molecule has 1 aliphatic heterocycles. The second-order valence-corrected chi connectivity index (χ2v) is 7.37. The molecule has 5 heteroatoms. The van der Waals surface area contributed by atoms with E-state index in [1.165, 1.54) is 23.8 Å². The highest BCUT2D eigenvalue weighted by Gasteiger charge is 2.21. The second-order valence-electron chi connectivity index (χ2n) is 7.37. The first-order valence-electron chi connectivity index (χ1n) is 9.65. The molecule has 3 aromatic rings. The van der Waals surface area contributed by atoms with Crippen LogP contribution in [0.5, 0.6) is 0 Å². The van der Waals surface area contributed by atoms with E-state index in [9.17, 15) is 0 Å². The number of nitrogens with zero attached hydrogens (tertiary/aromatic N) is 2. The Morgan fingerprint density at radius 1 is 1.25 bits per heavy atom. The van der Waals surface area contributed by atoms with Gasteiger partial charge in [-0.25, -0.2) is 0 Å². The summed E-state index contributed by atoms with van der Waals surface area (Å²) in [6.45, 7) is 5.10. The average Bonchev–Trinajstić information content (AvgIpc) is 3.22. The van der Waals surface area contributed by atoms with Crippen molar-refractivity contribution in [3.8, 4) is 0 Å². The molecule has 0 aliphatic carbocycles. The van der Waals surface area contributed by atoms with E-state index in [2.05, 4.69) is 28.3 Å². The highest BCUT2D eigenvalue weighted by Crippen LogP contribution is 2.33. The van der Waals surface area contributed by atoms with Crippen LogP contribution in [-0.2, 0) is 0 Å². The molecule has 5 nitrogen and oxygen atoms in total. The molecule has 4 rings (SSSR count). The monoisotopic (exact) mass is 371 g/mol. The Morgan fingerprint density at radius 2 is 2.11 bits per heavy atom. The number of aromatic nitrogens is 2. The van der Waals surface area contributed by atoms with Crippen molar-refractivity contribution in [1.82, 2.24) is 15.3 Å². The van der Waals surface area contributed by atoms with Crippen LogP contribution < -0.4 is 11.1 Å². The normalized spacial score (nSPS) is 17.6. The number of fused-ring (bicyclic) bond motifs is 1. The van der Waals surface area contributed by atoms with Gasteiger partial charge in [0.15, 0.2) is 0 Å². The van der Waals surface area contributed by atoms with E-state index in [0.717, 1.165) is 35.1 Å². The molecule has 0 saturated carbocycles. The number of nitrogens with two attached hydrogens (primary N) is 1. The Balaban J connectivity index is 1.89. The van der Waals surface area contributed by atoms with Crippen molar-refractivity contribution in [2.45, 2.75) is 32.7 Å². The van der Waals surface area contributed by atoms with Crippen LogP contribution in [0.4, 0.5) is 0 Å². The Kier molecular flexibility index (Phi) is 4.92. The number of hydrogen-bond donors (Lipinski definition) is 3. The molecule has 1 unspecified atom stereocenters. The molecule has 0 spiro atoms. The van der Waals surface area contributed by atoms with E-state index >= 15 is 0 Å². The third kappa shape index (κ3) is 3.29. The molecule has 4 N–H and O–H groups in total. The summed E-state index contributed by atoms with van der Waals surface area (Å²) >= 11 is 0. The third-order valence-corrected chi connectivity index (χ3v) is 5.43. The summed E-state index contributed by atoms with van der Waals surface area (Å²) in [7, 11) is 0. The summed E-state index contributed by atoms with van der Waals surface area (Å²) in [5, 5.41) is 12.7. The Bertz CT molecular complexity index is 1080. The molecule has 0 bridgehead atoms. The number of pyridine rings is 2. The smallest absolute Gasteiger partial charge is 0.0869 e. The van der Waals surface area contributed by atoms with E-state index in [0.29, 0.717) is 23.0 Å². The molecule has 3 heterocycles. The maximum absolute atomic E-state index is 7.98. The fraction of sp³-hybridized carbons (Fsp3) is 0.261. The second kappa shape index (κ2) is 7.52. The standard InChI is InChI=1S/C23H25N5/c1-14-13-27-19-9-8-16(11-17(19)22(14)20-7-4-10-26-20)18(12-24)23(25)21-6-3-5-15(2)28-21/h3,5-6,8-9,11-13,20,24,26H,4,7,10,25H2,1-2H3/b23-18+,24-12?. The zero-order valence-corrected chi connectivity index (χ0v) is 16.3. The Hall–Kier alpha value is -3.05. The summed E-state index contributed by atoms with van der Waals surface area (Å²) in [6, 6.07) is 12.2. The lowest BCUT2D eigenvalue weighted by atomic mass is 9.93. The molecule has 1 aromatic carbocycles. The van der Waals surface area contributed by atoms with Crippen LogP contribution in [0.25, 0.3) is 22.2 Å². The Labute approximate surface area is 165 Å².